The molecule has 0 saturated heterocycles. The Hall–Kier alpha value is -2.11. The van der Waals surface area contributed by atoms with E-state index in [2.05, 4.69) is 9.88 Å². The van der Waals surface area contributed by atoms with E-state index < -0.39 is 6.10 Å². The number of aromatic nitrogens is 1. The molecule has 0 spiro atoms. The number of rotatable bonds is 4. The Labute approximate surface area is 130 Å². The summed E-state index contributed by atoms with van der Waals surface area (Å²) in [6.45, 7) is 1.94. The number of β-amino-alcohol motifs (C(OH)–C–C–N with tert-alkyl or cyclic N) is 1. The molecule has 1 aliphatic heterocycles. The molecule has 0 saturated carbocycles. The summed E-state index contributed by atoms with van der Waals surface area (Å²) in [4.78, 5) is 6.51. The monoisotopic (exact) mass is 300 g/mol. The Morgan fingerprint density at radius 1 is 1.18 bits per heavy atom. The fourth-order valence-electron chi connectivity index (χ4n) is 2.99. The molecule has 1 aliphatic rings. The summed E-state index contributed by atoms with van der Waals surface area (Å²) >= 11 is 0. The van der Waals surface area contributed by atoms with Crippen LogP contribution in [0.4, 0.5) is 0 Å². The SMILES string of the molecule is COc1ccc(OC)c2c1CN(Cc1ccccn1)C[C@H]2O. The summed E-state index contributed by atoms with van der Waals surface area (Å²) in [5.74, 6) is 1.49. The second kappa shape index (κ2) is 6.34. The molecule has 3 rings (SSSR count). The number of aliphatic hydroxyl groups is 1. The molecule has 116 valence electrons. The van der Waals surface area contributed by atoms with E-state index in [9.17, 15) is 5.11 Å². The van der Waals surface area contributed by atoms with E-state index in [1.807, 2.05) is 30.3 Å². The van der Waals surface area contributed by atoms with Crippen LogP contribution in [-0.2, 0) is 13.1 Å². The van der Waals surface area contributed by atoms with E-state index in [1.54, 1.807) is 20.4 Å². The van der Waals surface area contributed by atoms with Gasteiger partial charge in [-0.05, 0) is 24.3 Å². The molecule has 0 unspecified atom stereocenters. The van der Waals surface area contributed by atoms with Crippen molar-refractivity contribution in [1.29, 1.82) is 0 Å². The fraction of sp³-hybridized carbons (Fsp3) is 0.353. The number of ether oxygens (including phenoxy) is 2. The summed E-state index contributed by atoms with van der Waals surface area (Å²) in [6.07, 6.45) is 1.19. The Kier molecular flexibility index (Phi) is 4.27. The molecule has 5 heteroatoms. The number of aliphatic hydroxyl groups excluding tert-OH is 1. The molecule has 0 amide bonds. The third-order valence-corrected chi connectivity index (χ3v) is 3.97. The first kappa shape index (κ1) is 14.8. The van der Waals surface area contributed by atoms with Crippen molar-refractivity contribution in [2.45, 2.75) is 19.2 Å². The fourth-order valence-corrected chi connectivity index (χ4v) is 2.99. The number of hydrogen-bond donors (Lipinski definition) is 1. The topological polar surface area (TPSA) is 54.8 Å². The second-order valence-corrected chi connectivity index (χ2v) is 5.37. The van der Waals surface area contributed by atoms with Gasteiger partial charge in [0.2, 0.25) is 0 Å². The minimum Gasteiger partial charge on any atom is -0.496 e. The van der Waals surface area contributed by atoms with Crippen molar-refractivity contribution >= 4 is 0 Å². The maximum atomic E-state index is 10.5. The highest BCUT2D eigenvalue weighted by Crippen LogP contribution is 2.39. The van der Waals surface area contributed by atoms with Crippen LogP contribution in [0, 0.1) is 0 Å². The molecule has 2 heterocycles. The Bertz CT molecular complexity index is 646. The van der Waals surface area contributed by atoms with Crippen LogP contribution in [0.15, 0.2) is 36.5 Å². The molecule has 22 heavy (non-hydrogen) atoms. The van der Waals surface area contributed by atoms with Crippen LogP contribution in [0.25, 0.3) is 0 Å². The largest absolute Gasteiger partial charge is 0.496 e. The van der Waals surface area contributed by atoms with Gasteiger partial charge in [-0.15, -0.1) is 0 Å². The zero-order valence-electron chi connectivity index (χ0n) is 12.8. The lowest BCUT2D eigenvalue weighted by atomic mass is 9.95. The maximum absolute atomic E-state index is 10.5. The summed E-state index contributed by atoms with van der Waals surface area (Å²) < 4.78 is 10.8. The minimum absolute atomic E-state index is 0.549. The second-order valence-electron chi connectivity index (χ2n) is 5.37. The first-order chi connectivity index (χ1) is 10.7. The molecule has 1 aromatic heterocycles. The van der Waals surface area contributed by atoms with Gasteiger partial charge in [-0.1, -0.05) is 6.07 Å². The smallest absolute Gasteiger partial charge is 0.125 e. The molecule has 0 aliphatic carbocycles. The van der Waals surface area contributed by atoms with Crippen LogP contribution in [0.5, 0.6) is 11.5 Å². The molecule has 0 fully saturated rings. The van der Waals surface area contributed by atoms with Crippen LogP contribution in [0.1, 0.15) is 22.9 Å². The third-order valence-electron chi connectivity index (χ3n) is 3.97. The van der Waals surface area contributed by atoms with E-state index in [0.29, 0.717) is 25.4 Å². The number of nitrogens with zero attached hydrogens (tertiary/aromatic N) is 2. The van der Waals surface area contributed by atoms with Crippen molar-refractivity contribution in [3.05, 3.63) is 53.3 Å². The van der Waals surface area contributed by atoms with Crippen LogP contribution in [-0.4, -0.2) is 35.8 Å². The van der Waals surface area contributed by atoms with Gasteiger partial charge in [-0.2, -0.15) is 0 Å². The standard InChI is InChI=1S/C17H20N2O3/c1-21-15-6-7-16(22-2)17-13(15)10-19(11-14(17)20)9-12-5-3-4-8-18-12/h3-8,14,20H,9-11H2,1-2H3/t14-/m1/s1. The molecule has 0 bridgehead atoms. The summed E-state index contributed by atoms with van der Waals surface area (Å²) in [7, 11) is 3.27. The predicted molar refractivity (Wildman–Crippen MR) is 82.9 cm³/mol. The molecule has 0 radical (unpaired) electrons. The Balaban J connectivity index is 1.91. The molecule has 1 atom stereocenters. The normalized spacial score (nSPS) is 17.9. The van der Waals surface area contributed by atoms with E-state index in [4.69, 9.17) is 9.47 Å². The van der Waals surface area contributed by atoms with Gasteiger partial charge >= 0.3 is 0 Å². The van der Waals surface area contributed by atoms with Gasteiger partial charge in [0.1, 0.15) is 11.5 Å². The lowest BCUT2D eigenvalue weighted by Crippen LogP contribution is -2.34. The van der Waals surface area contributed by atoms with Gasteiger partial charge in [0.15, 0.2) is 0 Å². The minimum atomic E-state index is -0.600. The quantitative estimate of drug-likeness (QED) is 0.937. The van der Waals surface area contributed by atoms with Crippen molar-refractivity contribution < 1.29 is 14.6 Å². The number of pyridine rings is 1. The average molecular weight is 300 g/mol. The lowest BCUT2D eigenvalue weighted by Gasteiger charge is -2.33. The van der Waals surface area contributed by atoms with Crippen LogP contribution < -0.4 is 9.47 Å². The molecule has 5 nitrogen and oxygen atoms in total. The summed E-state index contributed by atoms with van der Waals surface area (Å²) in [6, 6.07) is 9.59. The van der Waals surface area contributed by atoms with Crippen molar-refractivity contribution in [1.82, 2.24) is 9.88 Å². The highest BCUT2D eigenvalue weighted by molar-refractivity contribution is 5.51. The number of fused-ring (bicyclic) bond motifs is 1. The average Bonchev–Trinajstić information content (AvgIpc) is 2.54. The molecule has 1 N–H and O–H groups in total. The zero-order valence-corrected chi connectivity index (χ0v) is 12.8. The van der Waals surface area contributed by atoms with Gasteiger partial charge in [-0.25, -0.2) is 0 Å². The number of methoxy groups -OCH3 is 2. The summed E-state index contributed by atoms with van der Waals surface area (Å²) in [5, 5.41) is 10.5. The Morgan fingerprint density at radius 2 is 1.95 bits per heavy atom. The third kappa shape index (κ3) is 2.77. The maximum Gasteiger partial charge on any atom is 0.125 e. The van der Waals surface area contributed by atoms with Crippen molar-refractivity contribution in [2.24, 2.45) is 0 Å². The Morgan fingerprint density at radius 3 is 2.64 bits per heavy atom. The first-order valence-electron chi connectivity index (χ1n) is 7.27. The van der Waals surface area contributed by atoms with E-state index in [-0.39, 0.29) is 0 Å². The number of hydrogen-bond acceptors (Lipinski definition) is 5. The van der Waals surface area contributed by atoms with Crippen molar-refractivity contribution in [2.75, 3.05) is 20.8 Å². The van der Waals surface area contributed by atoms with E-state index in [0.717, 1.165) is 22.6 Å². The number of benzene rings is 1. The van der Waals surface area contributed by atoms with Gasteiger partial charge < -0.3 is 14.6 Å². The van der Waals surface area contributed by atoms with Crippen molar-refractivity contribution in [3.8, 4) is 11.5 Å². The van der Waals surface area contributed by atoms with Gasteiger partial charge in [0.25, 0.3) is 0 Å². The van der Waals surface area contributed by atoms with Gasteiger partial charge in [0.05, 0.1) is 26.0 Å². The van der Waals surface area contributed by atoms with Crippen LogP contribution in [0.3, 0.4) is 0 Å². The van der Waals surface area contributed by atoms with E-state index >= 15 is 0 Å². The lowest BCUT2D eigenvalue weighted by molar-refractivity contribution is 0.0836. The highest BCUT2D eigenvalue weighted by atomic mass is 16.5. The first-order valence-corrected chi connectivity index (χ1v) is 7.27. The summed E-state index contributed by atoms with van der Waals surface area (Å²) in [5.41, 5.74) is 2.80. The molecule has 2 aromatic rings. The van der Waals surface area contributed by atoms with Crippen LogP contribution >= 0.6 is 0 Å². The molecular weight excluding hydrogens is 280 g/mol. The van der Waals surface area contributed by atoms with E-state index in [1.165, 1.54) is 0 Å². The van der Waals surface area contributed by atoms with Crippen LogP contribution in [0.2, 0.25) is 0 Å². The van der Waals surface area contributed by atoms with Gasteiger partial charge in [0, 0.05) is 37.0 Å². The van der Waals surface area contributed by atoms with Gasteiger partial charge in [-0.3, -0.25) is 9.88 Å². The molecule has 1 aromatic carbocycles. The highest BCUT2D eigenvalue weighted by Gasteiger charge is 2.29. The zero-order chi connectivity index (χ0) is 15.5. The predicted octanol–water partition coefficient (Wildman–Crippen LogP) is 2.15. The molecular formula is C17H20N2O3. The van der Waals surface area contributed by atoms with Crippen molar-refractivity contribution in [3.63, 3.8) is 0 Å².